The molecule has 1 heterocycles. The van der Waals surface area contributed by atoms with Crippen molar-refractivity contribution < 1.29 is 0 Å². The molecule has 0 aliphatic rings. The van der Waals surface area contributed by atoms with Crippen LogP contribution in [0, 0.1) is 0 Å². The molecule has 1 aromatic heterocycles. The Kier molecular flexibility index (Phi) is 3.90. The van der Waals surface area contributed by atoms with Gasteiger partial charge in [0.1, 0.15) is 11.6 Å². The number of benzene rings is 3. The van der Waals surface area contributed by atoms with Gasteiger partial charge >= 0.3 is 0 Å². The van der Waals surface area contributed by atoms with Crippen LogP contribution in [0.25, 0.3) is 10.9 Å². The van der Waals surface area contributed by atoms with E-state index in [-0.39, 0.29) is 0 Å². The van der Waals surface area contributed by atoms with Crippen LogP contribution >= 0.6 is 0 Å². The summed E-state index contributed by atoms with van der Waals surface area (Å²) in [7, 11) is 0. The predicted octanol–water partition coefficient (Wildman–Crippen LogP) is 4.96. The minimum atomic E-state index is 0.717. The Morgan fingerprint density at radius 1 is 0.667 bits per heavy atom. The largest absolute Gasteiger partial charge is 0.340 e. The number of nitrogens with one attached hydrogen (secondary N) is 1. The van der Waals surface area contributed by atoms with Gasteiger partial charge in [-0.25, -0.2) is 9.97 Å². The number of hydrogen-bond acceptors (Lipinski definition) is 3. The molecule has 0 saturated carbocycles. The summed E-state index contributed by atoms with van der Waals surface area (Å²) in [5, 5.41) is 4.45. The number of fused-ring (bicyclic) bond motifs is 1. The second-order valence-electron chi connectivity index (χ2n) is 5.66. The molecule has 0 saturated heterocycles. The zero-order valence-corrected chi connectivity index (χ0v) is 13.2. The van der Waals surface area contributed by atoms with Crippen LogP contribution in [-0.2, 0) is 6.42 Å². The summed E-state index contributed by atoms with van der Waals surface area (Å²) in [5.41, 5.74) is 3.18. The lowest BCUT2D eigenvalue weighted by atomic mass is 10.1. The van der Waals surface area contributed by atoms with E-state index in [1.807, 2.05) is 72.8 Å². The molecular weight excluding hydrogens is 294 g/mol. The third-order valence-corrected chi connectivity index (χ3v) is 3.89. The summed E-state index contributed by atoms with van der Waals surface area (Å²) in [6.45, 7) is 0. The molecule has 0 unspecified atom stereocenters. The van der Waals surface area contributed by atoms with Crippen molar-refractivity contribution in [3.8, 4) is 0 Å². The van der Waals surface area contributed by atoms with Gasteiger partial charge in [-0.1, -0.05) is 60.7 Å². The van der Waals surface area contributed by atoms with Gasteiger partial charge in [0.2, 0.25) is 0 Å². The highest BCUT2D eigenvalue weighted by molar-refractivity contribution is 5.90. The van der Waals surface area contributed by atoms with Crippen LogP contribution < -0.4 is 5.32 Å². The third-order valence-electron chi connectivity index (χ3n) is 3.89. The quantitative estimate of drug-likeness (QED) is 0.578. The molecule has 3 heteroatoms. The van der Waals surface area contributed by atoms with Crippen molar-refractivity contribution >= 4 is 22.4 Å². The molecule has 0 radical (unpaired) electrons. The summed E-state index contributed by atoms with van der Waals surface area (Å²) in [6, 6.07) is 28.5. The first-order valence-electron chi connectivity index (χ1n) is 8.00. The molecule has 24 heavy (non-hydrogen) atoms. The van der Waals surface area contributed by atoms with Crippen LogP contribution in [0.1, 0.15) is 11.4 Å². The molecule has 0 aliphatic carbocycles. The summed E-state index contributed by atoms with van der Waals surface area (Å²) in [4.78, 5) is 9.49. The van der Waals surface area contributed by atoms with Gasteiger partial charge in [0.25, 0.3) is 0 Å². The highest BCUT2D eigenvalue weighted by atomic mass is 15.0. The first-order valence-corrected chi connectivity index (χ1v) is 8.00. The number of rotatable bonds is 4. The Morgan fingerprint density at radius 2 is 1.33 bits per heavy atom. The lowest BCUT2D eigenvalue weighted by molar-refractivity contribution is 0.996. The Morgan fingerprint density at radius 3 is 2.12 bits per heavy atom. The number of para-hydroxylation sites is 2. The summed E-state index contributed by atoms with van der Waals surface area (Å²) in [6.07, 6.45) is 0.717. The minimum absolute atomic E-state index is 0.717. The van der Waals surface area contributed by atoms with E-state index in [1.54, 1.807) is 0 Å². The summed E-state index contributed by atoms with van der Waals surface area (Å²) in [5.74, 6) is 1.66. The van der Waals surface area contributed by atoms with Gasteiger partial charge < -0.3 is 5.32 Å². The molecule has 0 atom stereocenters. The Balaban J connectivity index is 1.76. The highest BCUT2D eigenvalue weighted by Crippen LogP contribution is 2.24. The predicted molar refractivity (Wildman–Crippen MR) is 98.5 cm³/mol. The van der Waals surface area contributed by atoms with Crippen molar-refractivity contribution in [3.05, 3.63) is 96.3 Å². The van der Waals surface area contributed by atoms with E-state index in [0.29, 0.717) is 0 Å². The van der Waals surface area contributed by atoms with Crippen LogP contribution in [-0.4, -0.2) is 9.97 Å². The molecule has 0 aliphatic heterocycles. The molecule has 116 valence electrons. The van der Waals surface area contributed by atoms with Gasteiger partial charge in [-0.3, -0.25) is 0 Å². The van der Waals surface area contributed by atoms with E-state index in [0.717, 1.165) is 34.7 Å². The lowest BCUT2D eigenvalue weighted by Crippen LogP contribution is -2.02. The number of aromatic nitrogens is 2. The standard InChI is InChI=1S/C21H17N3/c1-3-9-16(10-4-1)15-20-23-19-14-8-7-13-18(19)21(24-20)22-17-11-5-2-6-12-17/h1-14H,15H2,(H,22,23,24). The van der Waals surface area contributed by atoms with E-state index in [1.165, 1.54) is 5.56 Å². The molecule has 0 fully saturated rings. The van der Waals surface area contributed by atoms with Crippen LogP contribution in [0.15, 0.2) is 84.9 Å². The zero-order valence-electron chi connectivity index (χ0n) is 13.2. The summed E-state index contributed by atoms with van der Waals surface area (Å²) < 4.78 is 0. The maximum absolute atomic E-state index is 4.77. The van der Waals surface area contributed by atoms with Crippen molar-refractivity contribution in [3.63, 3.8) is 0 Å². The van der Waals surface area contributed by atoms with Gasteiger partial charge in [-0.05, 0) is 29.8 Å². The molecule has 0 bridgehead atoms. The molecule has 0 amide bonds. The minimum Gasteiger partial charge on any atom is -0.340 e. The number of nitrogens with zero attached hydrogens (tertiary/aromatic N) is 2. The van der Waals surface area contributed by atoms with Crippen LogP contribution in [0.3, 0.4) is 0 Å². The van der Waals surface area contributed by atoms with E-state index in [9.17, 15) is 0 Å². The van der Waals surface area contributed by atoms with Gasteiger partial charge in [-0.15, -0.1) is 0 Å². The highest BCUT2D eigenvalue weighted by Gasteiger charge is 2.08. The monoisotopic (exact) mass is 311 g/mol. The fourth-order valence-electron chi connectivity index (χ4n) is 2.74. The van der Waals surface area contributed by atoms with Crippen molar-refractivity contribution in [1.29, 1.82) is 0 Å². The van der Waals surface area contributed by atoms with Gasteiger partial charge in [-0.2, -0.15) is 0 Å². The second kappa shape index (κ2) is 6.50. The maximum Gasteiger partial charge on any atom is 0.142 e. The topological polar surface area (TPSA) is 37.8 Å². The van der Waals surface area contributed by atoms with Gasteiger partial charge in [0.05, 0.1) is 5.52 Å². The molecule has 4 rings (SSSR count). The van der Waals surface area contributed by atoms with Crippen LogP contribution in [0.5, 0.6) is 0 Å². The molecule has 0 spiro atoms. The average Bonchev–Trinajstić information content (AvgIpc) is 2.63. The maximum atomic E-state index is 4.77. The lowest BCUT2D eigenvalue weighted by Gasteiger charge is -2.11. The Bertz CT molecular complexity index is 950. The average molecular weight is 311 g/mol. The molecule has 4 aromatic rings. The molecule has 3 aromatic carbocycles. The van der Waals surface area contributed by atoms with Crippen molar-refractivity contribution in [2.75, 3.05) is 5.32 Å². The number of anilines is 2. The fourth-order valence-corrected chi connectivity index (χ4v) is 2.74. The van der Waals surface area contributed by atoms with E-state index >= 15 is 0 Å². The second-order valence-corrected chi connectivity index (χ2v) is 5.66. The smallest absolute Gasteiger partial charge is 0.142 e. The normalized spacial score (nSPS) is 10.7. The van der Waals surface area contributed by atoms with E-state index < -0.39 is 0 Å². The Labute approximate surface area is 141 Å². The Hall–Kier alpha value is -3.20. The van der Waals surface area contributed by atoms with Gasteiger partial charge in [0.15, 0.2) is 0 Å². The van der Waals surface area contributed by atoms with E-state index in [2.05, 4.69) is 17.4 Å². The third kappa shape index (κ3) is 3.10. The summed E-state index contributed by atoms with van der Waals surface area (Å²) >= 11 is 0. The van der Waals surface area contributed by atoms with E-state index in [4.69, 9.17) is 9.97 Å². The number of hydrogen-bond donors (Lipinski definition) is 1. The SMILES string of the molecule is c1ccc(Cc2nc(Nc3ccccc3)c3ccccc3n2)cc1. The molecule has 3 nitrogen and oxygen atoms in total. The molecular formula is C21H17N3. The fraction of sp³-hybridized carbons (Fsp3) is 0.0476. The van der Waals surface area contributed by atoms with Crippen molar-refractivity contribution in [2.24, 2.45) is 0 Å². The van der Waals surface area contributed by atoms with Crippen LogP contribution in [0.2, 0.25) is 0 Å². The first-order chi connectivity index (χ1) is 11.9. The van der Waals surface area contributed by atoms with Gasteiger partial charge in [0, 0.05) is 17.5 Å². The first kappa shape index (κ1) is 14.4. The molecule has 1 N–H and O–H groups in total. The zero-order chi connectivity index (χ0) is 16.2. The van der Waals surface area contributed by atoms with Crippen molar-refractivity contribution in [2.45, 2.75) is 6.42 Å². The van der Waals surface area contributed by atoms with Crippen molar-refractivity contribution in [1.82, 2.24) is 9.97 Å². The van der Waals surface area contributed by atoms with Crippen LogP contribution in [0.4, 0.5) is 11.5 Å².